The van der Waals surface area contributed by atoms with Crippen molar-refractivity contribution in [2.75, 3.05) is 18.0 Å². The number of aryl methyl sites for hydroxylation is 1. The molecule has 0 radical (unpaired) electrons. The van der Waals surface area contributed by atoms with E-state index in [9.17, 15) is 23.9 Å². The van der Waals surface area contributed by atoms with Gasteiger partial charge in [-0.25, -0.2) is 19.2 Å². The zero-order valence-electron chi connectivity index (χ0n) is 17.8. The summed E-state index contributed by atoms with van der Waals surface area (Å²) in [5.74, 6) is -2.53. The predicted molar refractivity (Wildman–Crippen MR) is 121 cm³/mol. The Morgan fingerprint density at radius 2 is 2.06 bits per heavy atom. The number of aromatic nitrogens is 5. The van der Waals surface area contributed by atoms with E-state index in [0.29, 0.717) is 5.69 Å². The van der Waals surface area contributed by atoms with Crippen molar-refractivity contribution in [3.8, 4) is 5.13 Å². The first-order valence-corrected chi connectivity index (χ1v) is 11.0. The molecule has 10 nitrogen and oxygen atoms in total. The summed E-state index contributed by atoms with van der Waals surface area (Å²) in [6.45, 7) is 2.47. The maximum absolute atomic E-state index is 15.0. The molecular weight excluding hydrogens is 463 g/mol. The van der Waals surface area contributed by atoms with Gasteiger partial charge in [-0.3, -0.25) is 19.1 Å². The third-order valence-corrected chi connectivity index (χ3v) is 6.33. The average molecular weight is 480 g/mol. The second-order valence-corrected chi connectivity index (χ2v) is 8.76. The Kier molecular flexibility index (Phi) is 5.36. The minimum absolute atomic E-state index is 0.00687. The fourth-order valence-corrected chi connectivity index (χ4v) is 4.39. The lowest BCUT2D eigenvalue weighted by Gasteiger charge is -2.39. The highest BCUT2D eigenvalue weighted by molar-refractivity contribution is 7.08. The first-order valence-electron chi connectivity index (χ1n) is 10.3. The highest BCUT2D eigenvalue weighted by atomic mass is 32.1. The summed E-state index contributed by atoms with van der Waals surface area (Å²) < 4.78 is 20.2. The zero-order valence-corrected chi connectivity index (χ0v) is 18.6. The van der Waals surface area contributed by atoms with Crippen molar-refractivity contribution in [3.63, 3.8) is 0 Å². The number of carbonyl (C=O) groups is 2. The Bertz CT molecular complexity index is 1500. The molecule has 1 saturated heterocycles. The first kappa shape index (κ1) is 21.8. The van der Waals surface area contributed by atoms with Gasteiger partial charge in [0.15, 0.2) is 17.3 Å². The molecular formula is C22H17FN6O4S. The van der Waals surface area contributed by atoms with E-state index in [1.165, 1.54) is 10.9 Å². The summed E-state index contributed by atoms with van der Waals surface area (Å²) in [5.41, 5.74) is 0.387. The maximum atomic E-state index is 15.0. The van der Waals surface area contributed by atoms with Crippen molar-refractivity contribution in [1.82, 2.24) is 23.9 Å². The Morgan fingerprint density at radius 1 is 1.26 bits per heavy atom. The van der Waals surface area contributed by atoms with Crippen LogP contribution >= 0.6 is 11.5 Å². The van der Waals surface area contributed by atoms with Gasteiger partial charge in [-0.15, -0.1) is 0 Å². The second kappa shape index (κ2) is 8.37. The van der Waals surface area contributed by atoms with Crippen LogP contribution in [0.15, 0.2) is 41.7 Å². The summed E-state index contributed by atoms with van der Waals surface area (Å²) in [4.78, 5) is 51.1. The van der Waals surface area contributed by atoms with Gasteiger partial charge in [0.25, 0.3) is 0 Å². The van der Waals surface area contributed by atoms with Crippen LogP contribution in [0.3, 0.4) is 0 Å². The molecule has 4 aromatic rings. The lowest BCUT2D eigenvalue weighted by molar-refractivity contribution is -0.123. The molecule has 0 bridgehead atoms. The predicted octanol–water partition coefficient (Wildman–Crippen LogP) is 2.03. The zero-order chi connectivity index (χ0) is 24.0. The number of halogens is 1. The molecule has 0 atom stereocenters. The lowest BCUT2D eigenvalue weighted by atomic mass is 9.92. The second-order valence-electron chi connectivity index (χ2n) is 8.01. The quantitative estimate of drug-likeness (QED) is 0.440. The highest BCUT2D eigenvalue weighted by Gasteiger charge is 2.35. The molecule has 1 aliphatic rings. The van der Waals surface area contributed by atoms with Gasteiger partial charge in [0.1, 0.15) is 17.7 Å². The van der Waals surface area contributed by atoms with Crippen LogP contribution in [0.2, 0.25) is 0 Å². The molecule has 1 N–H and O–H groups in total. The van der Waals surface area contributed by atoms with E-state index in [0.717, 1.165) is 29.4 Å². The standard InChI is InChI=1S/C22H17FN6O4S/c1-11-2-3-24-13(4-11)5-17(30)12-7-28(8-12)20-16(23)6-14-18(31)15(21(32)33)9-29(19(14)27-20)22-25-10-26-34-22/h2-4,6,9-10,12H,5,7-8H2,1H3,(H,32,33). The van der Waals surface area contributed by atoms with Crippen molar-refractivity contribution < 1.29 is 19.1 Å². The number of ketones is 1. The fourth-order valence-electron chi connectivity index (χ4n) is 3.88. The molecule has 12 heteroatoms. The van der Waals surface area contributed by atoms with Crippen LogP contribution in [0.4, 0.5) is 10.2 Å². The van der Waals surface area contributed by atoms with Gasteiger partial charge < -0.3 is 10.0 Å². The SMILES string of the molecule is Cc1ccnc(CC(=O)C2CN(c3nc4c(cc3F)c(=O)c(C(=O)O)cn4-c3ncns3)C2)c1. The summed E-state index contributed by atoms with van der Waals surface area (Å²) in [6.07, 6.45) is 4.25. The van der Waals surface area contributed by atoms with E-state index >= 15 is 0 Å². The van der Waals surface area contributed by atoms with E-state index in [1.807, 2.05) is 19.1 Å². The number of Topliss-reactive ketones (excluding diaryl/α,β-unsaturated/α-hetero) is 1. The third kappa shape index (κ3) is 3.81. The van der Waals surface area contributed by atoms with Crippen molar-refractivity contribution in [2.45, 2.75) is 13.3 Å². The van der Waals surface area contributed by atoms with Crippen molar-refractivity contribution in [3.05, 3.63) is 69.8 Å². The average Bonchev–Trinajstić information content (AvgIpc) is 3.28. The molecule has 1 fully saturated rings. The van der Waals surface area contributed by atoms with E-state index in [2.05, 4.69) is 19.3 Å². The Labute approximate surface area is 195 Å². The molecule has 172 valence electrons. The number of rotatable bonds is 6. The molecule has 5 heterocycles. The van der Waals surface area contributed by atoms with Gasteiger partial charge in [-0.2, -0.15) is 4.37 Å². The summed E-state index contributed by atoms with van der Waals surface area (Å²) >= 11 is 0.970. The fraction of sp³-hybridized carbons (Fsp3) is 0.227. The van der Waals surface area contributed by atoms with E-state index in [1.54, 1.807) is 11.1 Å². The molecule has 0 aromatic carbocycles. The van der Waals surface area contributed by atoms with E-state index < -0.39 is 22.8 Å². The van der Waals surface area contributed by atoms with E-state index in [-0.39, 0.29) is 53.2 Å². The van der Waals surface area contributed by atoms with Crippen LogP contribution in [-0.4, -0.2) is 53.8 Å². The first-order chi connectivity index (χ1) is 16.3. The monoisotopic (exact) mass is 480 g/mol. The van der Waals surface area contributed by atoms with Crippen LogP contribution in [0.25, 0.3) is 16.2 Å². The van der Waals surface area contributed by atoms with Crippen molar-refractivity contribution in [1.29, 1.82) is 0 Å². The van der Waals surface area contributed by atoms with E-state index in [4.69, 9.17) is 0 Å². The molecule has 0 saturated carbocycles. The number of pyridine rings is 3. The number of aromatic carboxylic acids is 1. The highest BCUT2D eigenvalue weighted by Crippen LogP contribution is 2.29. The Balaban J connectivity index is 1.46. The smallest absolute Gasteiger partial charge is 0.341 e. The molecule has 0 spiro atoms. The minimum atomic E-state index is -1.44. The number of carboxylic acids is 1. The topological polar surface area (TPSA) is 131 Å². The molecule has 0 aliphatic carbocycles. The Hall–Kier alpha value is -4.06. The molecule has 4 aromatic heterocycles. The lowest BCUT2D eigenvalue weighted by Crippen LogP contribution is -2.51. The molecule has 0 unspecified atom stereocenters. The molecule has 0 amide bonds. The number of hydrogen-bond acceptors (Lipinski definition) is 9. The van der Waals surface area contributed by atoms with Gasteiger partial charge in [0.2, 0.25) is 10.6 Å². The van der Waals surface area contributed by atoms with Gasteiger partial charge >= 0.3 is 5.97 Å². The van der Waals surface area contributed by atoms with Gasteiger partial charge in [-0.05, 0) is 30.7 Å². The van der Waals surface area contributed by atoms with Gasteiger partial charge in [0, 0.05) is 49.1 Å². The minimum Gasteiger partial charge on any atom is -0.477 e. The normalized spacial score (nSPS) is 13.8. The molecule has 1 aliphatic heterocycles. The third-order valence-electron chi connectivity index (χ3n) is 5.66. The van der Waals surface area contributed by atoms with Crippen LogP contribution in [-0.2, 0) is 11.2 Å². The Morgan fingerprint density at radius 3 is 2.74 bits per heavy atom. The molecule has 5 rings (SSSR count). The summed E-state index contributed by atoms with van der Waals surface area (Å²) in [6, 6.07) is 4.70. The summed E-state index contributed by atoms with van der Waals surface area (Å²) in [7, 11) is 0. The van der Waals surface area contributed by atoms with Crippen molar-refractivity contribution in [2.24, 2.45) is 5.92 Å². The number of carbonyl (C=O) groups excluding carboxylic acids is 1. The van der Waals surface area contributed by atoms with Crippen LogP contribution in [0, 0.1) is 18.7 Å². The number of fused-ring (bicyclic) bond motifs is 1. The summed E-state index contributed by atoms with van der Waals surface area (Å²) in [5, 5.41) is 9.50. The van der Waals surface area contributed by atoms with Crippen LogP contribution in [0.1, 0.15) is 21.6 Å². The maximum Gasteiger partial charge on any atom is 0.341 e. The largest absolute Gasteiger partial charge is 0.477 e. The van der Waals surface area contributed by atoms with Crippen molar-refractivity contribution >= 4 is 40.1 Å². The number of nitrogens with zero attached hydrogens (tertiary/aromatic N) is 6. The van der Waals surface area contributed by atoms with Crippen LogP contribution < -0.4 is 10.3 Å². The van der Waals surface area contributed by atoms with Crippen LogP contribution in [0.5, 0.6) is 0 Å². The number of carboxylic acid groups (broad SMARTS) is 1. The molecule has 34 heavy (non-hydrogen) atoms. The van der Waals surface area contributed by atoms with Gasteiger partial charge in [-0.1, -0.05) is 0 Å². The number of anilines is 1. The van der Waals surface area contributed by atoms with Gasteiger partial charge in [0.05, 0.1) is 11.3 Å². The number of hydrogen-bond donors (Lipinski definition) is 1.